The fraction of sp³-hybridized carbons (Fsp3) is 0.200. The van der Waals surface area contributed by atoms with E-state index in [1.165, 1.54) is 17.3 Å². The van der Waals surface area contributed by atoms with Gasteiger partial charge in [0.15, 0.2) is 0 Å². The Hall–Kier alpha value is -3.23. The summed E-state index contributed by atoms with van der Waals surface area (Å²) in [5.41, 5.74) is 2.50. The lowest BCUT2D eigenvalue weighted by molar-refractivity contribution is 0.0709. The fourth-order valence-corrected chi connectivity index (χ4v) is 4.85. The smallest absolute Gasteiger partial charge is 0.255 e. The molecule has 4 nitrogen and oxygen atoms in total. The predicted molar refractivity (Wildman–Crippen MR) is 118 cm³/mol. The van der Waals surface area contributed by atoms with Crippen LogP contribution in [0, 0.1) is 11.3 Å². The first-order valence-electron chi connectivity index (χ1n) is 10.00. The van der Waals surface area contributed by atoms with Crippen molar-refractivity contribution in [2.75, 3.05) is 13.1 Å². The first-order chi connectivity index (χ1) is 14.7. The average molecular weight is 415 g/mol. The molecule has 1 heterocycles. The van der Waals surface area contributed by atoms with Crippen LogP contribution in [0.3, 0.4) is 0 Å². The summed E-state index contributed by atoms with van der Waals surface area (Å²) in [6, 6.07) is 24.7. The van der Waals surface area contributed by atoms with Gasteiger partial charge in [-0.25, -0.2) is 0 Å². The van der Waals surface area contributed by atoms with E-state index in [2.05, 4.69) is 6.07 Å². The van der Waals surface area contributed by atoms with Gasteiger partial charge in [0.05, 0.1) is 11.1 Å². The van der Waals surface area contributed by atoms with Crippen molar-refractivity contribution in [2.24, 2.45) is 0 Å². The Kier molecular flexibility index (Phi) is 6.06. The topological polar surface area (TPSA) is 64.3 Å². The number of hydrogen-bond acceptors (Lipinski definition) is 4. The Labute approximate surface area is 180 Å². The van der Waals surface area contributed by atoms with E-state index in [0.29, 0.717) is 30.1 Å². The molecule has 0 saturated carbocycles. The van der Waals surface area contributed by atoms with E-state index in [9.17, 15) is 15.2 Å². The molecule has 150 valence electrons. The van der Waals surface area contributed by atoms with Gasteiger partial charge in [-0.3, -0.25) is 4.79 Å². The summed E-state index contributed by atoms with van der Waals surface area (Å²) in [6.45, 7) is 1.41. The van der Waals surface area contributed by atoms with E-state index in [1.54, 1.807) is 18.2 Å². The van der Waals surface area contributed by atoms with Gasteiger partial charge in [-0.15, -0.1) is 0 Å². The highest BCUT2D eigenvalue weighted by atomic mass is 32.2. The second kappa shape index (κ2) is 9.06. The first-order valence-corrected chi connectivity index (χ1v) is 10.8. The molecule has 0 aliphatic carbocycles. The normalized spacial score (nSPS) is 14.3. The fourth-order valence-electron chi connectivity index (χ4n) is 3.83. The summed E-state index contributed by atoms with van der Waals surface area (Å²) in [5.74, 6) is 0.719. The zero-order valence-corrected chi connectivity index (χ0v) is 17.3. The third kappa shape index (κ3) is 4.34. The van der Waals surface area contributed by atoms with E-state index < -0.39 is 0 Å². The second-order valence-corrected chi connectivity index (χ2v) is 8.45. The van der Waals surface area contributed by atoms with Crippen molar-refractivity contribution in [2.45, 2.75) is 28.6 Å². The molecule has 3 aromatic carbocycles. The largest absolute Gasteiger partial charge is 0.508 e. The Morgan fingerprint density at radius 1 is 0.933 bits per heavy atom. The molecular formula is C25H22N2O2S. The summed E-state index contributed by atoms with van der Waals surface area (Å²) in [5, 5.41) is 18.8. The maximum atomic E-state index is 13.3. The molecular weight excluding hydrogens is 392 g/mol. The van der Waals surface area contributed by atoms with Crippen molar-refractivity contribution in [1.29, 1.82) is 5.26 Å². The lowest BCUT2D eigenvalue weighted by atomic mass is 9.89. The number of nitriles is 1. The molecule has 0 unspecified atom stereocenters. The van der Waals surface area contributed by atoms with E-state index in [4.69, 9.17) is 0 Å². The Balaban J connectivity index is 1.48. The monoisotopic (exact) mass is 414 g/mol. The van der Waals surface area contributed by atoms with Gasteiger partial charge in [-0.1, -0.05) is 48.2 Å². The van der Waals surface area contributed by atoms with Crippen LogP contribution >= 0.6 is 11.8 Å². The van der Waals surface area contributed by atoms with Gasteiger partial charge in [0.1, 0.15) is 11.8 Å². The number of nitrogens with zero attached hydrogens (tertiary/aromatic N) is 2. The first kappa shape index (κ1) is 20.1. The molecule has 1 aliphatic rings. The number of likely N-dealkylation sites (tertiary alicyclic amines) is 1. The van der Waals surface area contributed by atoms with Crippen molar-refractivity contribution < 1.29 is 9.90 Å². The highest BCUT2D eigenvalue weighted by Gasteiger charge is 2.26. The van der Waals surface area contributed by atoms with Crippen LogP contribution < -0.4 is 0 Å². The lowest BCUT2D eigenvalue weighted by Crippen LogP contribution is -2.38. The van der Waals surface area contributed by atoms with Crippen LogP contribution in [0.5, 0.6) is 5.75 Å². The molecule has 1 fully saturated rings. The standard InChI is InChI=1S/C25H22N2O2S/c26-17-20-5-1-3-7-23(20)30-24-8-4-2-6-22(24)25(29)27-15-13-19(14-16-27)18-9-11-21(28)12-10-18/h1-12,19,28H,13-16H2. The zero-order valence-electron chi connectivity index (χ0n) is 16.5. The van der Waals surface area contributed by atoms with E-state index in [0.717, 1.165) is 22.6 Å². The summed E-state index contributed by atoms with van der Waals surface area (Å²) < 4.78 is 0. The second-order valence-electron chi connectivity index (χ2n) is 7.36. The summed E-state index contributed by atoms with van der Waals surface area (Å²) in [7, 11) is 0. The number of piperidine rings is 1. The third-order valence-electron chi connectivity index (χ3n) is 5.49. The van der Waals surface area contributed by atoms with Crippen molar-refractivity contribution in [3.63, 3.8) is 0 Å². The van der Waals surface area contributed by atoms with Crippen molar-refractivity contribution in [3.8, 4) is 11.8 Å². The van der Waals surface area contributed by atoms with Crippen molar-refractivity contribution >= 4 is 17.7 Å². The van der Waals surface area contributed by atoms with Gasteiger partial charge in [-0.05, 0) is 60.7 Å². The van der Waals surface area contributed by atoms with Gasteiger partial charge in [-0.2, -0.15) is 5.26 Å². The van der Waals surface area contributed by atoms with Crippen LogP contribution in [0.4, 0.5) is 0 Å². The number of phenols is 1. The molecule has 4 rings (SSSR count). The molecule has 1 N–H and O–H groups in total. The Morgan fingerprint density at radius 3 is 2.27 bits per heavy atom. The van der Waals surface area contributed by atoms with Gasteiger partial charge in [0, 0.05) is 22.9 Å². The molecule has 3 aromatic rings. The number of aromatic hydroxyl groups is 1. The van der Waals surface area contributed by atoms with E-state index >= 15 is 0 Å². The summed E-state index contributed by atoms with van der Waals surface area (Å²) in [6.07, 6.45) is 1.81. The average Bonchev–Trinajstić information content (AvgIpc) is 2.80. The molecule has 0 atom stereocenters. The van der Waals surface area contributed by atoms with Gasteiger partial charge in [0.25, 0.3) is 5.91 Å². The minimum Gasteiger partial charge on any atom is -0.508 e. The SMILES string of the molecule is N#Cc1ccccc1Sc1ccccc1C(=O)N1CCC(c2ccc(O)cc2)CC1. The van der Waals surface area contributed by atoms with Gasteiger partial charge >= 0.3 is 0 Å². The summed E-state index contributed by atoms with van der Waals surface area (Å²) in [4.78, 5) is 16.9. The molecule has 1 amide bonds. The molecule has 0 bridgehead atoms. The van der Waals surface area contributed by atoms with E-state index in [-0.39, 0.29) is 11.7 Å². The number of benzene rings is 3. The Morgan fingerprint density at radius 2 is 1.57 bits per heavy atom. The minimum atomic E-state index is 0.0386. The van der Waals surface area contributed by atoms with Crippen LogP contribution in [0.15, 0.2) is 82.6 Å². The van der Waals surface area contributed by atoms with Gasteiger partial charge in [0.2, 0.25) is 0 Å². The lowest BCUT2D eigenvalue weighted by Gasteiger charge is -2.32. The highest BCUT2D eigenvalue weighted by molar-refractivity contribution is 7.99. The zero-order chi connectivity index (χ0) is 20.9. The molecule has 1 saturated heterocycles. The molecule has 5 heteroatoms. The van der Waals surface area contributed by atoms with Gasteiger partial charge < -0.3 is 10.0 Å². The molecule has 0 spiro atoms. The maximum absolute atomic E-state index is 13.3. The van der Waals surface area contributed by atoms with Crippen molar-refractivity contribution in [3.05, 3.63) is 89.5 Å². The predicted octanol–water partition coefficient (Wildman–Crippen LogP) is 5.43. The maximum Gasteiger partial charge on any atom is 0.255 e. The number of amides is 1. The number of carbonyl (C=O) groups is 1. The number of rotatable bonds is 4. The van der Waals surface area contributed by atoms with Crippen LogP contribution in [-0.4, -0.2) is 29.0 Å². The van der Waals surface area contributed by atoms with Crippen molar-refractivity contribution in [1.82, 2.24) is 4.90 Å². The number of phenolic OH excluding ortho intramolecular Hbond substituents is 1. The van der Waals surface area contributed by atoms with Crippen LogP contribution in [0.2, 0.25) is 0 Å². The quantitative estimate of drug-likeness (QED) is 0.618. The van der Waals surface area contributed by atoms with E-state index in [1.807, 2.05) is 59.5 Å². The minimum absolute atomic E-state index is 0.0386. The molecule has 30 heavy (non-hydrogen) atoms. The van der Waals surface area contributed by atoms with Crippen LogP contribution in [-0.2, 0) is 0 Å². The number of carbonyl (C=O) groups excluding carboxylic acids is 1. The summed E-state index contributed by atoms with van der Waals surface area (Å²) >= 11 is 1.46. The highest BCUT2D eigenvalue weighted by Crippen LogP contribution is 2.34. The molecule has 0 radical (unpaired) electrons. The number of hydrogen-bond donors (Lipinski definition) is 1. The molecule has 1 aliphatic heterocycles. The van der Waals surface area contributed by atoms with Crippen LogP contribution in [0.1, 0.15) is 40.2 Å². The Bertz CT molecular complexity index is 1080. The van der Waals surface area contributed by atoms with Crippen LogP contribution in [0.25, 0.3) is 0 Å². The third-order valence-corrected chi connectivity index (χ3v) is 6.64. The molecule has 0 aromatic heterocycles.